The predicted molar refractivity (Wildman–Crippen MR) is 104 cm³/mol. The maximum absolute atomic E-state index is 4.28. The summed E-state index contributed by atoms with van der Waals surface area (Å²) >= 11 is 0. The van der Waals surface area contributed by atoms with Crippen LogP contribution in [0.1, 0.15) is 27.2 Å². The van der Waals surface area contributed by atoms with Gasteiger partial charge in [0.15, 0.2) is 5.96 Å². The van der Waals surface area contributed by atoms with Crippen LogP contribution in [0.4, 0.5) is 5.69 Å². The minimum absolute atomic E-state index is 0.0373. The molecule has 0 bridgehead atoms. The fraction of sp³-hybridized carbons (Fsp3) is 0.632. The smallest absolute Gasteiger partial charge is 0.191 e. The topological polar surface area (TPSA) is 42.9 Å². The number of guanidine groups is 1. The molecule has 1 heterocycles. The van der Waals surface area contributed by atoms with Crippen molar-refractivity contribution in [1.29, 1.82) is 0 Å². The molecule has 0 radical (unpaired) electrons. The van der Waals surface area contributed by atoms with Gasteiger partial charge in [-0.25, -0.2) is 0 Å². The Morgan fingerprint density at radius 2 is 1.75 bits per heavy atom. The molecule has 1 saturated heterocycles. The third kappa shape index (κ3) is 6.40. The van der Waals surface area contributed by atoms with Gasteiger partial charge in [-0.15, -0.1) is 0 Å². The van der Waals surface area contributed by atoms with E-state index in [1.165, 1.54) is 5.69 Å². The summed E-state index contributed by atoms with van der Waals surface area (Å²) in [4.78, 5) is 9.31. The minimum Gasteiger partial charge on any atom is -0.369 e. The molecule has 2 N–H and O–H groups in total. The third-order valence-corrected chi connectivity index (χ3v) is 4.15. The van der Waals surface area contributed by atoms with Gasteiger partial charge in [-0.3, -0.25) is 9.89 Å². The van der Waals surface area contributed by atoms with Gasteiger partial charge in [0.2, 0.25) is 0 Å². The second-order valence-corrected chi connectivity index (χ2v) is 7.39. The van der Waals surface area contributed by atoms with Gasteiger partial charge in [0.1, 0.15) is 0 Å². The number of para-hydroxylation sites is 1. The third-order valence-electron chi connectivity index (χ3n) is 4.15. The van der Waals surface area contributed by atoms with Crippen molar-refractivity contribution in [1.82, 2.24) is 15.5 Å². The van der Waals surface area contributed by atoms with E-state index in [4.69, 9.17) is 0 Å². The van der Waals surface area contributed by atoms with Gasteiger partial charge in [-0.1, -0.05) is 18.2 Å². The van der Waals surface area contributed by atoms with Gasteiger partial charge < -0.3 is 15.5 Å². The van der Waals surface area contributed by atoms with E-state index in [2.05, 4.69) is 76.5 Å². The van der Waals surface area contributed by atoms with Gasteiger partial charge in [-0.05, 0) is 45.9 Å². The minimum atomic E-state index is 0.0373. The highest BCUT2D eigenvalue weighted by atomic mass is 15.3. The second-order valence-electron chi connectivity index (χ2n) is 7.39. The fourth-order valence-electron chi connectivity index (χ4n) is 2.91. The van der Waals surface area contributed by atoms with Crippen LogP contribution < -0.4 is 15.5 Å². The van der Waals surface area contributed by atoms with Crippen LogP contribution in [-0.4, -0.2) is 62.7 Å². The maximum Gasteiger partial charge on any atom is 0.191 e. The van der Waals surface area contributed by atoms with E-state index in [-0.39, 0.29) is 5.54 Å². The lowest BCUT2D eigenvalue weighted by atomic mass is 10.1. The van der Waals surface area contributed by atoms with Crippen LogP contribution in [0.3, 0.4) is 0 Å². The Bertz CT molecular complexity index is 498. The van der Waals surface area contributed by atoms with Crippen molar-refractivity contribution in [3.05, 3.63) is 30.3 Å². The largest absolute Gasteiger partial charge is 0.369 e. The van der Waals surface area contributed by atoms with E-state index < -0.39 is 0 Å². The molecule has 1 aliphatic rings. The molecule has 134 valence electrons. The van der Waals surface area contributed by atoms with Crippen LogP contribution in [0.2, 0.25) is 0 Å². The lowest BCUT2D eigenvalue weighted by Crippen LogP contribution is -2.49. The quantitative estimate of drug-likeness (QED) is 0.493. The molecule has 0 atom stereocenters. The molecular weight excluding hydrogens is 298 g/mol. The Kier molecular flexibility index (Phi) is 6.91. The van der Waals surface area contributed by atoms with Crippen molar-refractivity contribution in [3.63, 3.8) is 0 Å². The monoisotopic (exact) mass is 331 g/mol. The number of hydrogen-bond acceptors (Lipinski definition) is 3. The summed E-state index contributed by atoms with van der Waals surface area (Å²) in [6.07, 6.45) is 1.14. The molecule has 1 fully saturated rings. The first-order chi connectivity index (χ1) is 11.5. The maximum atomic E-state index is 4.28. The standard InChI is InChI=1S/C19H33N5/c1-19(2,3)22-18(20-4)21-11-8-12-23-13-15-24(16-14-23)17-9-6-5-7-10-17/h5-7,9-10H,8,11-16H2,1-4H3,(H2,20,21,22). The Labute approximate surface area is 147 Å². The van der Waals surface area contributed by atoms with Gasteiger partial charge >= 0.3 is 0 Å². The Balaban J connectivity index is 1.63. The number of benzene rings is 1. The summed E-state index contributed by atoms with van der Waals surface area (Å²) in [5.41, 5.74) is 1.38. The molecular formula is C19H33N5. The van der Waals surface area contributed by atoms with Gasteiger partial charge in [0.05, 0.1) is 0 Å². The highest BCUT2D eigenvalue weighted by Crippen LogP contribution is 2.15. The lowest BCUT2D eigenvalue weighted by molar-refractivity contribution is 0.255. The van der Waals surface area contributed by atoms with Crippen LogP contribution in [0.15, 0.2) is 35.3 Å². The molecule has 1 aromatic carbocycles. The molecule has 0 aromatic heterocycles. The first-order valence-electron chi connectivity index (χ1n) is 8.99. The number of nitrogens with zero attached hydrogens (tertiary/aromatic N) is 3. The molecule has 1 aromatic rings. The molecule has 0 saturated carbocycles. The summed E-state index contributed by atoms with van der Waals surface area (Å²) < 4.78 is 0. The fourth-order valence-corrected chi connectivity index (χ4v) is 2.91. The van der Waals surface area contributed by atoms with Crippen LogP contribution in [-0.2, 0) is 0 Å². The molecule has 0 unspecified atom stereocenters. The zero-order valence-corrected chi connectivity index (χ0v) is 15.7. The Morgan fingerprint density at radius 3 is 2.33 bits per heavy atom. The van der Waals surface area contributed by atoms with Crippen molar-refractivity contribution < 1.29 is 0 Å². The van der Waals surface area contributed by atoms with Crippen molar-refractivity contribution in [2.45, 2.75) is 32.7 Å². The molecule has 5 nitrogen and oxygen atoms in total. The number of piperazine rings is 1. The molecule has 24 heavy (non-hydrogen) atoms. The zero-order valence-electron chi connectivity index (χ0n) is 15.7. The van der Waals surface area contributed by atoms with Crippen molar-refractivity contribution >= 4 is 11.6 Å². The Hall–Kier alpha value is -1.75. The normalized spacial score (nSPS) is 17.0. The van der Waals surface area contributed by atoms with Crippen LogP contribution in [0.25, 0.3) is 0 Å². The number of hydrogen-bond donors (Lipinski definition) is 2. The molecule has 0 aliphatic carbocycles. The van der Waals surface area contributed by atoms with E-state index >= 15 is 0 Å². The first kappa shape index (κ1) is 18.6. The molecule has 0 amide bonds. The van der Waals surface area contributed by atoms with Crippen molar-refractivity contribution in [2.75, 3.05) is 51.2 Å². The highest BCUT2D eigenvalue weighted by molar-refractivity contribution is 5.80. The summed E-state index contributed by atoms with van der Waals surface area (Å²) in [5.74, 6) is 0.886. The number of aliphatic imine (C=N–C) groups is 1. The van der Waals surface area contributed by atoms with Gasteiger partial charge in [-0.2, -0.15) is 0 Å². The molecule has 0 spiro atoms. The number of rotatable bonds is 5. The first-order valence-corrected chi connectivity index (χ1v) is 8.99. The van der Waals surface area contributed by atoms with Crippen LogP contribution in [0, 0.1) is 0 Å². The van der Waals surface area contributed by atoms with E-state index in [1.807, 2.05) is 7.05 Å². The second kappa shape index (κ2) is 8.92. The molecule has 1 aliphatic heterocycles. The summed E-state index contributed by atoms with van der Waals surface area (Å²) in [7, 11) is 1.82. The SMILES string of the molecule is CN=C(NCCCN1CCN(c2ccccc2)CC1)NC(C)(C)C. The lowest BCUT2D eigenvalue weighted by Gasteiger charge is -2.36. The van der Waals surface area contributed by atoms with Crippen molar-refractivity contribution in [3.8, 4) is 0 Å². The predicted octanol–water partition coefficient (Wildman–Crippen LogP) is 2.16. The van der Waals surface area contributed by atoms with E-state index in [1.54, 1.807) is 0 Å². The van der Waals surface area contributed by atoms with E-state index in [9.17, 15) is 0 Å². The Morgan fingerprint density at radius 1 is 1.08 bits per heavy atom. The van der Waals surface area contributed by atoms with Gasteiger partial charge in [0, 0.05) is 51.0 Å². The average molecular weight is 332 g/mol. The summed E-state index contributed by atoms with van der Waals surface area (Å²) in [5, 5.41) is 6.79. The molecule has 5 heteroatoms. The van der Waals surface area contributed by atoms with E-state index in [0.29, 0.717) is 0 Å². The summed E-state index contributed by atoms with van der Waals surface area (Å²) in [6, 6.07) is 10.7. The summed E-state index contributed by atoms with van der Waals surface area (Å²) in [6.45, 7) is 13.0. The number of anilines is 1. The molecule has 2 rings (SSSR count). The van der Waals surface area contributed by atoms with Crippen LogP contribution >= 0.6 is 0 Å². The van der Waals surface area contributed by atoms with E-state index in [0.717, 1.165) is 51.6 Å². The zero-order chi connectivity index (χ0) is 17.4. The average Bonchev–Trinajstić information content (AvgIpc) is 2.58. The highest BCUT2D eigenvalue weighted by Gasteiger charge is 2.16. The van der Waals surface area contributed by atoms with Crippen LogP contribution in [0.5, 0.6) is 0 Å². The van der Waals surface area contributed by atoms with Crippen molar-refractivity contribution in [2.24, 2.45) is 4.99 Å². The number of nitrogens with one attached hydrogen (secondary N) is 2. The van der Waals surface area contributed by atoms with Gasteiger partial charge in [0.25, 0.3) is 0 Å².